The van der Waals surface area contributed by atoms with Gasteiger partial charge in [-0.1, -0.05) is 30.3 Å². The molecule has 0 aliphatic heterocycles. The van der Waals surface area contributed by atoms with Crippen LogP contribution in [0.3, 0.4) is 0 Å². The highest BCUT2D eigenvalue weighted by Gasteiger charge is 2.28. The Morgan fingerprint density at radius 1 is 1.26 bits per heavy atom. The maximum Gasteiger partial charge on any atom is 0.240 e. The van der Waals surface area contributed by atoms with Crippen LogP contribution in [-0.4, -0.2) is 37.8 Å². The summed E-state index contributed by atoms with van der Waals surface area (Å²) in [5.74, 6) is 0.116. The Morgan fingerprint density at radius 3 is 2.70 bits per heavy atom. The van der Waals surface area contributed by atoms with Crippen molar-refractivity contribution < 1.29 is 14.6 Å². The summed E-state index contributed by atoms with van der Waals surface area (Å²) in [6.07, 6.45) is 1.72. The van der Waals surface area contributed by atoms with Gasteiger partial charge < -0.3 is 20.9 Å². The summed E-state index contributed by atoms with van der Waals surface area (Å²) in [5.41, 5.74) is 6.17. The fourth-order valence-electron chi connectivity index (χ4n) is 2.55. The molecule has 1 amide bonds. The normalized spacial score (nSPS) is 12.9. The highest BCUT2D eigenvalue weighted by atomic mass is 16.5. The summed E-state index contributed by atoms with van der Waals surface area (Å²) >= 11 is 0. The van der Waals surface area contributed by atoms with Gasteiger partial charge in [0.1, 0.15) is 6.04 Å². The summed E-state index contributed by atoms with van der Waals surface area (Å²) in [7, 11) is 0. The Morgan fingerprint density at radius 2 is 2.00 bits per heavy atom. The summed E-state index contributed by atoms with van der Waals surface area (Å²) < 4.78 is 7.42. The number of nitrogens with one attached hydrogen (secondary N) is 1. The second-order valence-electron chi connectivity index (χ2n) is 6.89. The molecule has 0 aliphatic rings. The van der Waals surface area contributed by atoms with E-state index in [1.807, 2.05) is 30.3 Å². The third kappa shape index (κ3) is 4.42. The van der Waals surface area contributed by atoms with E-state index in [-0.39, 0.29) is 18.3 Å². The Labute approximate surface area is 157 Å². The minimum Gasteiger partial charge on any atom is -0.504 e. The lowest BCUT2D eigenvalue weighted by molar-refractivity contribution is -0.126. The molecule has 0 fully saturated rings. The SMILES string of the molecule is CC(C)(N)C(=O)N[C@H](COCc1ccccc1)c1nnc2c(O)cccn12. The van der Waals surface area contributed by atoms with Gasteiger partial charge in [0.15, 0.2) is 11.6 Å². The highest BCUT2D eigenvalue weighted by molar-refractivity contribution is 5.85. The van der Waals surface area contributed by atoms with E-state index in [4.69, 9.17) is 10.5 Å². The molecule has 0 radical (unpaired) electrons. The minimum atomic E-state index is -1.06. The quantitative estimate of drug-likeness (QED) is 0.582. The third-order valence-corrected chi connectivity index (χ3v) is 4.04. The van der Waals surface area contributed by atoms with Crippen molar-refractivity contribution in [3.8, 4) is 5.75 Å². The first-order valence-electron chi connectivity index (χ1n) is 8.60. The van der Waals surface area contributed by atoms with Gasteiger partial charge in [-0.3, -0.25) is 9.20 Å². The first kappa shape index (κ1) is 18.8. The molecule has 1 atom stereocenters. The van der Waals surface area contributed by atoms with Crippen LogP contribution in [0.1, 0.15) is 31.3 Å². The molecule has 8 nitrogen and oxygen atoms in total. The van der Waals surface area contributed by atoms with E-state index < -0.39 is 11.6 Å². The molecule has 2 aromatic heterocycles. The van der Waals surface area contributed by atoms with Crippen molar-refractivity contribution in [2.75, 3.05) is 6.61 Å². The van der Waals surface area contributed by atoms with E-state index in [0.717, 1.165) is 5.56 Å². The molecule has 0 saturated carbocycles. The van der Waals surface area contributed by atoms with Crippen LogP contribution in [-0.2, 0) is 16.1 Å². The van der Waals surface area contributed by atoms with Crippen LogP contribution >= 0.6 is 0 Å². The number of carbonyl (C=O) groups excluding carboxylic acids is 1. The van der Waals surface area contributed by atoms with Gasteiger partial charge in [0.25, 0.3) is 0 Å². The van der Waals surface area contributed by atoms with Crippen molar-refractivity contribution in [2.45, 2.75) is 32.0 Å². The molecule has 0 aliphatic carbocycles. The number of aromatic nitrogens is 3. The number of pyridine rings is 1. The van der Waals surface area contributed by atoms with Gasteiger partial charge >= 0.3 is 0 Å². The molecule has 27 heavy (non-hydrogen) atoms. The number of nitrogens with two attached hydrogens (primary N) is 1. The smallest absolute Gasteiger partial charge is 0.240 e. The van der Waals surface area contributed by atoms with E-state index >= 15 is 0 Å². The lowest BCUT2D eigenvalue weighted by Crippen LogP contribution is -2.50. The Kier molecular flexibility index (Phi) is 5.38. The van der Waals surface area contributed by atoms with E-state index in [9.17, 15) is 9.90 Å². The number of amides is 1. The maximum atomic E-state index is 12.4. The minimum absolute atomic E-state index is 0.00526. The second kappa shape index (κ2) is 7.73. The van der Waals surface area contributed by atoms with Crippen LogP contribution in [0.2, 0.25) is 0 Å². The van der Waals surface area contributed by atoms with Crippen LogP contribution in [0, 0.1) is 0 Å². The topological polar surface area (TPSA) is 115 Å². The lowest BCUT2D eigenvalue weighted by atomic mass is 10.1. The zero-order valence-electron chi connectivity index (χ0n) is 15.3. The van der Waals surface area contributed by atoms with Crippen molar-refractivity contribution in [3.63, 3.8) is 0 Å². The van der Waals surface area contributed by atoms with Crippen molar-refractivity contribution in [1.29, 1.82) is 0 Å². The monoisotopic (exact) mass is 369 g/mol. The average Bonchev–Trinajstić information content (AvgIpc) is 3.06. The molecule has 8 heteroatoms. The predicted molar refractivity (Wildman–Crippen MR) is 99.9 cm³/mol. The molecular weight excluding hydrogens is 346 g/mol. The van der Waals surface area contributed by atoms with Gasteiger partial charge in [0.2, 0.25) is 11.6 Å². The van der Waals surface area contributed by atoms with E-state index in [0.29, 0.717) is 18.1 Å². The number of hydrogen-bond acceptors (Lipinski definition) is 6. The number of fused-ring (bicyclic) bond motifs is 1. The van der Waals surface area contributed by atoms with Gasteiger partial charge in [0.05, 0.1) is 18.8 Å². The maximum absolute atomic E-state index is 12.4. The molecule has 3 aromatic rings. The Bertz CT molecular complexity index is 918. The van der Waals surface area contributed by atoms with Crippen LogP contribution < -0.4 is 11.1 Å². The van der Waals surface area contributed by atoms with Gasteiger partial charge in [-0.2, -0.15) is 0 Å². The van der Waals surface area contributed by atoms with E-state index in [2.05, 4.69) is 15.5 Å². The number of aromatic hydroxyl groups is 1. The van der Waals surface area contributed by atoms with E-state index in [1.54, 1.807) is 30.5 Å². The Hall–Kier alpha value is -2.97. The predicted octanol–water partition coefficient (Wildman–Crippen LogP) is 1.55. The number of nitrogens with zero attached hydrogens (tertiary/aromatic N) is 3. The highest BCUT2D eigenvalue weighted by Crippen LogP contribution is 2.20. The number of carbonyl (C=O) groups is 1. The number of hydrogen-bond donors (Lipinski definition) is 3. The fraction of sp³-hybridized carbons (Fsp3) is 0.316. The van der Waals surface area contributed by atoms with Crippen molar-refractivity contribution in [2.24, 2.45) is 5.73 Å². The van der Waals surface area contributed by atoms with Crippen LogP contribution in [0.15, 0.2) is 48.7 Å². The number of rotatable bonds is 7. The number of benzene rings is 1. The summed E-state index contributed by atoms with van der Waals surface area (Å²) in [4.78, 5) is 12.4. The first-order chi connectivity index (χ1) is 12.9. The van der Waals surface area contributed by atoms with Crippen molar-refractivity contribution in [3.05, 3.63) is 60.0 Å². The molecule has 142 valence electrons. The standard InChI is InChI=1S/C19H23N5O3/c1-19(2,20)18(26)21-14(12-27-11-13-7-4-3-5-8-13)16-22-23-17-15(25)9-6-10-24(16)17/h3-10,14,25H,11-12,20H2,1-2H3,(H,21,26)/t14-/m1/s1. The zero-order chi connectivity index (χ0) is 19.4. The van der Waals surface area contributed by atoms with Gasteiger partial charge in [-0.25, -0.2) is 0 Å². The van der Waals surface area contributed by atoms with E-state index in [1.165, 1.54) is 6.07 Å². The summed E-state index contributed by atoms with van der Waals surface area (Å²) in [5, 5.41) is 20.9. The van der Waals surface area contributed by atoms with Crippen LogP contribution in [0.5, 0.6) is 5.75 Å². The number of ether oxygens (including phenoxy) is 1. The zero-order valence-corrected chi connectivity index (χ0v) is 15.3. The molecule has 2 heterocycles. The molecule has 0 saturated heterocycles. The van der Waals surface area contributed by atoms with Crippen molar-refractivity contribution >= 4 is 11.6 Å². The molecule has 1 aromatic carbocycles. The van der Waals surface area contributed by atoms with Gasteiger partial charge in [0, 0.05) is 6.20 Å². The first-order valence-corrected chi connectivity index (χ1v) is 8.60. The second-order valence-corrected chi connectivity index (χ2v) is 6.89. The Balaban J connectivity index is 1.82. The molecule has 0 bridgehead atoms. The lowest BCUT2D eigenvalue weighted by Gasteiger charge is -2.23. The van der Waals surface area contributed by atoms with Gasteiger partial charge in [-0.05, 0) is 31.5 Å². The molecular formula is C19H23N5O3. The average molecular weight is 369 g/mol. The molecule has 3 rings (SSSR count). The summed E-state index contributed by atoms with van der Waals surface area (Å²) in [6.45, 7) is 3.81. The van der Waals surface area contributed by atoms with Crippen molar-refractivity contribution in [1.82, 2.24) is 19.9 Å². The van der Waals surface area contributed by atoms with Gasteiger partial charge in [-0.15, -0.1) is 10.2 Å². The largest absolute Gasteiger partial charge is 0.504 e. The van der Waals surface area contributed by atoms with Crippen LogP contribution in [0.4, 0.5) is 0 Å². The molecule has 4 N–H and O–H groups in total. The fourth-order valence-corrected chi connectivity index (χ4v) is 2.55. The third-order valence-electron chi connectivity index (χ3n) is 4.04. The van der Waals surface area contributed by atoms with Crippen LogP contribution in [0.25, 0.3) is 5.65 Å². The molecule has 0 spiro atoms. The molecule has 0 unspecified atom stereocenters. The summed E-state index contributed by atoms with van der Waals surface area (Å²) in [6, 6.07) is 12.3.